The van der Waals surface area contributed by atoms with Gasteiger partial charge in [-0.3, -0.25) is 9.69 Å². The van der Waals surface area contributed by atoms with Gasteiger partial charge in [0.15, 0.2) is 0 Å². The van der Waals surface area contributed by atoms with Crippen LogP contribution in [0.1, 0.15) is 32.1 Å². The normalized spacial score (nSPS) is 33.3. The van der Waals surface area contributed by atoms with Gasteiger partial charge in [0.25, 0.3) is 0 Å². The summed E-state index contributed by atoms with van der Waals surface area (Å²) in [6, 6.07) is 1.31. The van der Waals surface area contributed by atoms with Crippen molar-refractivity contribution in [2.24, 2.45) is 5.92 Å². The molecule has 1 unspecified atom stereocenters. The molecule has 0 radical (unpaired) electrons. The summed E-state index contributed by atoms with van der Waals surface area (Å²) in [5.74, 6) is 0.678. The zero-order chi connectivity index (χ0) is 9.54. The number of nitrogens with one attached hydrogen (secondary N) is 1. The molecule has 3 nitrogen and oxygen atoms in total. The number of hydrogen-bond acceptors (Lipinski definition) is 2. The van der Waals surface area contributed by atoms with Gasteiger partial charge in [0.1, 0.15) is 0 Å². The molecule has 78 valence electrons. The summed E-state index contributed by atoms with van der Waals surface area (Å²) in [4.78, 5) is 14.1. The lowest BCUT2D eigenvalue weighted by atomic mass is 10.2. The molecule has 0 aromatic carbocycles. The first-order valence-electron chi connectivity index (χ1n) is 5.87. The van der Waals surface area contributed by atoms with Gasteiger partial charge in [-0.1, -0.05) is 0 Å². The maximum absolute atomic E-state index is 11.5. The largest absolute Gasteiger partial charge is 0.352 e. The van der Waals surface area contributed by atoms with Crippen LogP contribution in [0.2, 0.25) is 0 Å². The van der Waals surface area contributed by atoms with Crippen LogP contribution in [0.25, 0.3) is 0 Å². The molecule has 1 N–H and O–H groups in total. The lowest BCUT2D eigenvalue weighted by Gasteiger charge is -2.15. The first-order valence-corrected chi connectivity index (χ1v) is 5.87. The van der Waals surface area contributed by atoms with Crippen LogP contribution < -0.4 is 5.32 Å². The number of carbonyl (C=O) groups excluding carboxylic acids is 1. The highest BCUT2D eigenvalue weighted by Crippen LogP contribution is 2.31. The van der Waals surface area contributed by atoms with E-state index in [9.17, 15) is 4.79 Å². The highest BCUT2D eigenvalue weighted by molar-refractivity contribution is 5.81. The summed E-state index contributed by atoms with van der Waals surface area (Å²) >= 11 is 0. The van der Waals surface area contributed by atoms with Crippen LogP contribution in [0.3, 0.4) is 0 Å². The number of amides is 1. The minimum atomic E-state index is 0.313. The number of nitrogens with zero attached hydrogens (tertiary/aromatic N) is 1. The second-order valence-corrected chi connectivity index (χ2v) is 4.99. The summed E-state index contributed by atoms with van der Waals surface area (Å²) in [6.07, 6.45) is 6.15. The van der Waals surface area contributed by atoms with Gasteiger partial charge >= 0.3 is 0 Å². The molecule has 2 aliphatic carbocycles. The maximum atomic E-state index is 11.5. The minimum absolute atomic E-state index is 0.313. The Morgan fingerprint density at radius 3 is 2.57 bits per heavy atom. The van der Waals surface area contributed by atoms with Crippen LogP contribution in [-0.2, 0) is 4.79 Å². The zero-order valence-electron chi connectivity index (χ0n) is 8.54. The molecule has 0 spiro atoms. The molecule has 1 aliphatic heterocycles. The fourth-order valence-electron chi connectivity index (χ4n) is 2.34. The predicted octanol–water partition coefficient (Wildman–Crippen LogP) is 0.749. The van der Waals surface area contributed by atoms with Gasteiger partial charge in [0, 0.05) is 31.1 Å². The van der Waals surface area contributed by atoms with Gasteiger partial charge in [-0.25, -0.2) is 0 Å². The van der Waals surface area contributed by atoms with Crippen molar-refractivity contribution in [2.45, 2.75) is 44.2 Å². The SMILES string of the molecule is O=C(NC1CCN(C2CC2)C1)C1CC1. The molecule has 3 fully saturated rings. The molecule has 1 saturated heterocycles. The summed E-state index contributed by atoms with van der Waals surface area (Å²) < 4.78 is 0. The molecular weight excluding hydrogens is 176 g/mol. The Labute approximate surface area is 84.8 Å². The van der Waals surface area contributed by atoms with Crippen molar-refractivity contribution in [1.29, 1.82) is 0 Å². The fraction of sp³-hybridized carbons (Fsp3) is 0.909. The van der Waals surface area contributed by atoms with Crippen LogP contribution in [0, 0.1) is 5.92 Å². The molecule has 2 saturated carbocycles. The smallest absolute Gasteiger partial charge is 0.223 e. The third-order valence-electron chi connectivity index (χ3n) is 3.58. The Hall–Kier alpha value is -0.570. The van der Waals surface area contributed by atoms with Crippen molar-refractivity contribution in [2.75, 3.05) is 13.1 Å². The van der Waals surface area contributed by atoms with Crippen molar-refractivity contribution in [3.63, 3.8) is 0 Å². The maximum Gasteiger partial charge on any atom is 0.223 e. The third kappa shape index (κ3) is 1.78. The van der Waals surface area contributed by atoms with E-state index in [0.717, 1.165) is 31.8 Å². The van der Waals surface area contributed by atoms with Gasteiger partial charge in [-0.2, -0.15) is 0 Å². The van der Waals surface area contributed by atoms with E-state index >= 15 is 0 Å². The van der Waals surface area contributed by atoms with Crippen LogP contribution in [0.5, 0.6) is 0 Å². The first-order chi connectivity index (χ1) is 6.83. The number of likely N-dealkylation sites (tertiary alicyclic amines) is 1. The van der Waals surface area contributed by atoms with Crippen molar-refractivity contribution in [1.82, 2.24) is 10.2 Å². The monoisotopic (exact) mass is 194 g/mol. The van der Waals surface area contributed by atoms with E-state index in [1.165, 1.54) is 19.4 Å². The molecule has 0 aromatic rings. The standard InChI is InChI=1S/C11H18N2O/c14-11(8-1-2-8)12-9-5-6-13(7-9)10-3-4-10/h8-10H,1-7H2,(H,12,14). The van der Waals surface area contributed by atoms with Crippen LogP contribution >= 0.6 is 0 Å². The Balaban J connectivity index is 1.47. The van der Waals surface area contributed by atoms with Gasteiger partial charge in [0.2, 0.25) is 5.91 Å². The molecule has 3 rings (SSSR count). The van der Waals surface area contributed by atoms with Crippen molar-refractivity contribution in [3.8, 4) is 0 Å². The van der Waals surface area contributed by atoms with Crippen LogP contribution in [-0.4, -0.2) is 36.0 Å². The number of hydrogen-bond donors (Lipinski definition) is 1. The summed E-state index contributed by atoms with van der Waals surface area (Å²) in [5, 5.41) is 3.17. The predicted molar refractivity (Wildman–Crippen MR) is 53.9 cm³/mol. The van der Waals surface area contributed by atoms with E-state index in [2.05, 4.69) is 10.2 Å². The second kappa shape index (κ2) is 3.23. The lowest BCUT2D eigenvalue weighted by molar-refractivity contribution is -0.122. The molecule has 3 aliphatic rings. The number of rotatable bonds is 3. The van der Waals surface area contributed by atoms with E-state index in [1.807, 2.05) is 0 Å². The van der Waals surface area contributed by atoms with Crippen LogP contribution in [0.15, 0.2) is 0 Å². The first kappa shape index (κ1) is 8.72. The molecule has 1 amide bonds. The van der Waals surface area contributed by atoms with E-state index in [-0.39, 0.29) is 0 Å². The summed E-state index contributed by atoms with van der Waals surface area (Å²) in [7, 11) is 0. The van der Waals surface area contributed by atoms with Gasteiger partial charge in [-0.05, 0) is 32.1 Å². The van der Waals surface area contributed by atoms with Crippen molar-refractivity contribution < 1.29 is 4.79 Å². The zero-order valence-corrected chi connectivity index (χ0v) is 8.54. The quantitative estimate of drug-likeness (QED) is 0.719. The molecule has 1 atom stereocenters. The molecule has 1 heterocycles. The van der Waals surface area contributed by atoms with Gasteiger partial charge in [0.05, 0.1) is 0 Å². The highest BCUT2D eigenvalue weighted by Gasteiger charge is 2.36. The van der Waals surface area contributed by atoms with Crippen molar-refractivity contribution >= 4 is 5.91 Å². The molecular formula is C11H18N2O. The molecule has 14 heavy (non-hydrogen) atoms. The average molecular weight is 194 g/mol. The fourth-order valence-corrected chi connectivity index (χ4v) is 2.34. The highest BCUT2D eigenvalue weighted by atomic mass is 16.2. The minimum Gasteiger partial charge on any atom is -0.352 e. The Morgan fingerprint density at radius 2 is 1.93 bits per heavy atom. The summed E-state index contributed by atoms with van der Waals surface area (Å²) in [6.45, 7) is 2.30. The Morgan fingerprint density at radius 1 is 1.14 bits per heavy atom. The second-order valence-electron chi connectivity index (χ2n) is 4.99. The van der Waals surface area contributed by atoms with E-state index < -0.39 is 0 Å². The Bertz CT molecular complexity index is 246. The topological polar surface area (TPSA) is 32.3 Å². The average Bonchev–Trinajstić information content (AvgIpc) is 3.06. The molecule has 0 bridgehead atoms. The summed E-state index contributed by atoms with van der Waals surface area (Å²) in [5.41, 5.74) is 0. The molecule has 0 aromatic heterocycles. The lowest BCUT2D eigenvalue weighted by Crippen LogP contribution is -2.38. The van der Waals surface area contributed by atoms with Gasteiger partial charge < -0.3 is 5.32 Å². The van der Waals surface area contributed by atoms with Crippen LogP contribution in [0.4, 0.5) is 0 Å². The van der Waals surface area contributed by atoms with E-state index in [0.29, 0.717) is 17.9 Å². The van der Waals surface area contributed by atoms with Gasteiger partial charge in [-0.15, -0.1) is 0 Å². The molecule has 3 heteroatoms. The number of carbonyl (C=O) groups is 1. The van der Waals surface area contributed by atoms with E-state index in [1.54, 1.807) is 0 Å². The van der Waals surface area contributed by atoms with Crippen molar-refractivity contribution in [3.05, 3.63) is 0 Å². The Kier molecular flexibility index (Phi) is 2.01. The third-order valence-corrected chi connectivity index (χ3v) is 3.58. The van der Waals surface area contributed by atoms with E-state index in [4.69, 9.17) is 0 Å².